The van der Waals surface area contributed by atoms with E-state index in [1.165, 1.54) is 30.5 Å². The second kappa shape index (κ2) is 8.43. The maximum absolute atomic E-state index is 13.1. The lowest BCUT2D eigenvalue weighted by Crippen LogP contribution is -2.54. The van der Waals surface area contributed by atoms with Crippen LogP contribution >= 0.6 is 11.6 Å². The molecule has 1 atom stereocenters. The molecule has 0 saturated carbocycles. The van der Waals surface area contributed by atoms with E-state index in [9.17, 15) is 21.6 Å². The van der Waals surface area contributed by atoms with Crippen molar-refractivity contribution in [2.75, 3.05) is 18.8 Å². The summed E-state index contributed by atoms with van der Waals surface area (Å²) in [5.74, 6) is -1.23. The lowest BCUT2D eigenvalue weighted by atomic mass is 10.2. The van der Waals surface area contributed by atoms with Gasteiger partial charge in [0.15, 0.2) is 11.4 Å². The third-order valence-corrected chi connectivity index (χ3v) is 6.93. The highest BCUT2D eigenvalue weighted by atomic mass is 35.5. The van der Waals surface area contributed by atoms with Gasteiger partial charge in [-0.05, 0) is 24.3 Å². The van der Waals surface area contributed by atoms with E-state index in [0.717, 1.165) is 0 Å². The van der Waals surface area contributed by atoms with E-state index in [1.54, 1.807) is 30.3 Å². The molecule has 1 aliphatic heterocycles. The van der Waals surface area contributed by atoms with E-state index in [-0.39, 0.29) is 29.5 Å². The molecule has 0 radical (unpaired) electrons. The van der Waals surface area contributed by atoms with Gasteiger partial charge in [0.25, 0.3) is 0 Å². The number of hydrogen-bond donors (Lipinski definition) is 1. The minimum Gasteiger partial charge on any atom is -0.456 e. The van der Waals surface area contributed by atoms with E-state index in [2.05, 4.69) is 0 Å². The summed E-state index contributed by atoms with van der Waals surface area (Å²) in [5.41, 5.74) is 6.07. The number of nitrogens with zero attached hydrogens (tertiary/aromatic N) is 1. The molecule has 1 aliphatic rings. The van der Waals surface area contributed by atoms with E-state index >= 15 is 0 Å². The van der Waals surface area contributed by atoms with Crippen molar-refractivity contribution in [3.05, 3.63) is 77.5 Å². The Kier molecular flexibility index (Phi) is 6.28. The summed E-state index contributed by atoms with van der Waals surface area (Å²) in [6.45, 7) is -0.252. The van der Waals surface area contributed by atoms with Crippen LogP contribution in [0.2, 0.25) is 5.02 Å². The van der Waals surface area contributed by atoms with Crippen molar-refractivity contribution in [2.45, 2.75) is 6.18 Å². The number of benzene rings is 2. The standard InChI is InChI=1S/C20H19ClF3N2O3S/c21-18-11-16(8-9-19(18)29-17-6-2-1-3-7-17)26(10-4-5-15(12-25)13-26)30(27,28)14-20(22,23)24/h1-9,11,13H,10,12,14,25H2/q+1. The van der Waals surface area contributed by atoms with Crippen molar-refractivity contribution in [3.8, 4) is 11.5 Å². The number of nitrogens with two attached hydrogens (primary N) is 1. The van der Waals surface area contributed by atoms with Crippen molar-refractivity contribution < 1.29 is 26.3 Å². The molecule has 0 fully saturated rings. The van der Waals surface area contributed by atoms with Gasteiger partial charge in [0.1, 0.15) is 24.2 Å². The lowest BCUT2D eigenvalue weighted by Gasteiger charge is -2.34. The number of alkyl halides is 3. The van der Waals surface area contributed by atoms with Crippen LogP contribution in [0.4, 0.5) is 18.9 Å². The van der Waals surface area contributed by atoms with E-state index in [0.29, 0.717) is 11.3 Å². The summed E-state index contributed by atoms with van der Waals surface area (Å²) in [5, 5.41) is 0.0633. The minimum absolute atomic E-state index is 0.0268. The molecule has 0 bridgehead atoms. The Bertz CT molecular complexity index is 1090. The van der Waals surface area contributed by atoms with Gasteiger partial charge in [-0.1, -0.05) is 35.9 Å². The summed E-state index contributed by atoms with van der Waals surface area (Å²) in [6, 6.07) is 12.9. The SMILES string of the molecule is NCC1=C[N+](c2ccc(Oc3ccccc3)c(Cl)c2)(S(=O)(=O)CC(F)(F)F)CC=C1. The number of para-hydroxylation sites is 1. The van der Waals surface area contributed by atoms with Crippen LogP contribution in [-0.4, -0.2) is 33.4 Å². The van der Waals surface area contributed by atoms with Gasteiger partial charge in [-0.2, -0.15) is 25.5 Å². The average molecular weight is 460 g/mol. The largest absolute Gasteiger partial charge is 0.456 e. The number of hydrogen-bond acceptors (Lipinski definition) is 4. The third-order valence-electron chi connectivity index (χ3n) is 4.48. The van der Waals surface area contributed by atoms with Gasteiger partial charge in [0.2, 0.25) is 0 Å². The molecule has 2 N–H and O–H groups in total. The maximum Gasteiger partial charge on any atom is 0.408 e. The Labute approximate surface area is 177 Å². The fourth-order valence-corrected chi connectivity index (χ4v) is 5.03. The Morgan fingerprint density at radius 2 is 1.83 bits per heavy atom. The molecule has 0 aliphatic carbocycles. The van der Waals surface area contributed by atoms with Crippen LogP contribution in [0, 0.1) is 0 Å². The first-order valence-electron chi connectivity index (χ1n) is 8.85. The normalized spacial score (nSPS) is 19.4. The predicted molar refractivity (Wildman–Crippen MR) is 111 cm³/mol. The molecule has 0 aromatic heterocycles. The smallest absolute Gasteiger partial charge is 0.408 e. The lowest BCUT2D eigenvalue weighted by molar-refractivity contribution is -0.106. The third kappa shape index (κ3) is 4.70. The molecule has 2 aromatic rings. The van der Waals surface area contributed by atoms with Crippen molar-refractivity contribution >= 4 is 27.3 Å². The number of halogens is 4. The maximum atomic E-state index is 13.1. The molecule has 0 saturated heterocycles. The fraction of sp³-hybridized carbons (Fsp3) is 0.200. The molecule has 1 heterocycles. The summed E-state index contributed by atoms with van der Waals surface area (Å²) >= 11 is 6.30. The minimum atomic E-state index is -4.90. The van der Waals surface area contributed by atoms with Crippen molar-refractivity contribution in [1.82, 2.24) is 3.89 Å². The zero-order chi connectivity index (χ0) is 22.0. The molecule has 2 aromatic carbocycles. The van der Waals surface area contributed by atoms with Crippen LogP contribution in [-0.2, 0) is 10.0 Å². The Morgan fingerprint density at radius 1 is 1.13 bits per heavy atom. The summed E-state index contributed by atoms with van der Waals surface area (Å²) in [4.78, 5) is 0. The van der Waals surface area contributed by atoms with Crippen molar-refractivity contribution in [3.63, 3.8) is 0 Å². The topological polar surface area (TPSA) is 69.4 Å². The van der Waals surface area contributed by atoms with Gasteiger partial charge < -0.3 is 10.5 Å². The number of quaternary nitrogens is 1. The highest BCUT2D eigenvalue weighted by Gasteiger charge is 2.50. The number of sulfonamides is 1. The van der Waals surface area contributed by atoms with Gasteiger partial charge in [0.05, 0.1) is 5.02 Å². The fourth-order valence-electron chi connectivity index (χ4n) is 3.12. The summed E-state index contributed by atoms with van der Waals surface area (Å²) in [6.07, 6.45) is -0.598. The van der Waals surface area contributed by atoms with Crippen LogP contribution in [0.25, 0.3) is 0 Å². The molecular weight excluding hydrogens is 441 g/mol. The van der Waals surface area contributed by atoms with Crippen LogP contribution in [0.5, 0.6) is 11.5 Å². The zero-order valence-corrected chi connectivity index (χ0v) is 17.2. The van der Waals surface area contributed by atoms with Crippen LogP contribution in [0.3, 0.4) is 0 Å². The Morgan fingerprint density at radius 3 is 2.43 bits per heavy atom. The van der Waals surface area contributed by atoms with Gasteiger partial charge in [-0.3, -0.25) is 0 Å². The summed E-state index contributed by atoms with van der Waals surface area (Å²) < 4.78 is 69.6. The second-order valence-corrected chi connectivity index (χ2v) is 9.17. The van der Waals surface area contributed by atoms with Gasteiger partial charge in [0, 0.05) is 24.3 Å². The molecule has 3 rings (SSSR count). The van der Waals surface area contributed by atoms with Crippen LogP contribution in [0.15, 0.2) is 72.5 Å². The molecule has 5 nitrogen and oxygen atoms in total. The van der Waals surface area contributed by atoms with Crippen molar-refractivity contribution in [2.24, 2.45) is 5.73 Å². The molecule has 160 valence electrons. The Hall–Kier alpha value is -2.33. The predicted octanol–water partition coefficient (Wildman–Crippen LogP) is 4.74. The molecule has 0 amide bonds. The molecule has 0 spiro atoms. The van der Waals surface area contributed by atoms with Crippen LogP contribution < -0.4 is 14.4 Å². The van der Waals surface area contributed by atoms with E-state index < -0.39 is 25.8 Å². The first-order valence-corrected chi connectivity index (χ1v) is 10.8. The highest BCUT2D eigenvalue weighted by Crippen LogP contribution is 2.40. The second-order valence-electron chi connectivity index (χ2n) is 6.66. The van der Waals surface area contributed by atoms with Gasteiger partial charge >= 0.3 is 16.2 Å². The van der Waals surface area contributed by atoms with E-state index in [1.807, 2.05) is 6.07 Å². The monoisotopic (exact) mass is 459 g/mol. The summed E-state index contributed by atoms with van der Waals surface area (Å²) in [7, 11) is -4.76. The molecular formula is C20H19ClF3N2O3S+. The van der Waals surface area contributed by atoms with Gasteiger partial charge in [-0.15, -0.1) is 0 Å². The van der Waals surface area contributed by atoms with Gasteiger partial charge in [-0.25, -0.2) is 0 Å². The van der Waals surface area contributed by atoms with E-state index in [4.69, 9.17) is 22.1 Å². The highest BCUT2D eigenvalue weighted by molar-refractivity contribution is 7.91. The quantitative estimate of drug-likeness (QED) is 0.633. The first kappa shape index (κ1) is 22.4. The van der Waals surface area contributed by atoms with Crippen LogP contribution in [0.1, 0.15) is 0 Å². The molecule has 1 unspecified atom stereocenters. The average Bonchev–Trinajstić information content (AvgIpc) is 2.68. The molecule has 10 heteroatoms. The molecule has 30 heavy (non-hydrogen) atoms. The number of rotatable bonds is 6. The van der Waals surface area contributed by atoms with Crippen molar-refractivity contribution in [1.29, 1.82) is 0 Å². The zero-order valence-electron chi connectivity index (χ0n) is 15.6. The number of ether oxygens (including phenoxy) is 1. The first-order chi connectivity index (χ1) is 14.1. The Balaban J connectivity index is 2.08.